The van der Waals surface area contributed by atoms with Crippen LogP contribution in [0.2, 0.25) is 5.02 Å². The lowest BCUT2D eigenvalue weighted by Gasteiger charge is -2.24. The van der Waals surface area contributed by atoms with Gasteiger partial charge in [0, 0.05) is 10.6 Å². The molecule has 1 aromatic rings. The van der Waals surface area contributed by atoms with E-state index >= 15 is 0 Å². The zero-order valence-electron chi connectivity index (χ0n) is 10.7. The van der Waals surface area contributed by atoms with Crippen LogP contribution in [0.5, 0.6) is 0 Å². The zero-order chi connectivity index (χ0) is 13.0. The van der Waals surface area contributed by atoms with Crippen molar-refractivity contribution in [1.82, 2.24) is 0 Å². The lowest BCUT2D eigenvalue weighted by atomic mass is 9.83. The smallest absolute Gasteiger partial charge is 0.127 e. The molecule has 2 N–H and O–H groups in total. The molecule has 2 rings (SSSR count). The Bertz CT molecular complexity index is 374. The Morgan fingerprint density at radius 3 is 2.56 bits per heavy atom. The Hall–Kier alpha value is -0.600. The maximum absolute atomic E-state index is 13.8. The van der Waals surface area contributed by atoms with E-state index in [4.69, 9.17) is 17.3 Å². The average molecular weight is 270 g/mol. The summed E-state index contributed by atoms with van der Waals surface area (Å²) >= 11 is 6.11. The molecule has 0 heterocycles. The zero-order valence-corrected chi connectivity index (χ0v) is 11.4. The standard InChI is InChI=1S/C15H21ClFN/c16-14-7-4-8-15(17)13(14)9-11-5-2-1-3-6-12(11)10-18/h4,7-8,11-12H,1-3,5-6,9-10,18H2. The summed E-state index contributed by atoms with van der Waals surface area (Å²) in [7, 11) is 0. The molecule has 0 aromatic heterocycles. The molecule has 2 unspecified atom stereocenters. The quantitative estimate of drug-likeness (QED) is 0.819. The van der Waals surface area contributed by atoms with Crippen molar-refractivity contribution in [2.75, 3.05) is 6.54 Å². The normalized spacial score (nSPS) is 24.8. The van der Waals surface area contributed by atoms with Crippen molar-refractivity contribution in [3.63, 3.8) is 0 Å². The minimum Gasteiger partial charge on any atom is -0.330 e. The molecule has 1 aromatic carbocycles. The molecule has 2 atom stereocenters. The van der Waals surface area contributed by atoms with Crippen LogP contribution in [0.3, 0.4) is 0 Å². The summed E-state index contributed by atoms with van der Waals surface area (Å²) in [5.41, 5.74) is 6.54. The first-order chi connectivity index (χ1) is 8.72. The summed E-state index contributed by atoms with van der Waals surface area (Å²) in [6.45, 7) is 0.705. The molecule has 0 radical (unpaired) electrons. The summed E-state index contributed by atoms with van der Waals surface area (Å²) in [4.78, 5) is 0. The maximum Gasteiger partial charge on any atom is 0.127 e. The molecule has 3 heteroatoms. The lowest BCUT2D eigenvalue weighted by molar-refractivity contribution is 0.315. The monoisotopic (exact) mass is 269 g/mol. The molecule has 0 saturated heterocycles. The molecule has 1 nitrogen and oxygen atoms in total. The van der Waals surface area contributed by atoms with E-state index in [-0.39, 0.29) is 5.82 Å². The number of benzene rings is 1. The van der Waals surface area contributed by atoms with Crippen LogP contribution in [0, 0.1) is 17.7 Å². The van der Waals surface area contributed by atoms with Crippen LogP contribution in [-0.2, 0) is 6.42 Å². The van der Waals surface area contributed by atoms with Crippen molar-refractivity contribution < 1.29 is 4.39 Å². The Kier molecular flexibility index (Phi) is 5.02. The van der Waals surface area contributed by atoms with Gasteiger partial charge in [-0.25, -0.2) is 4.39 Å². The van der Waals surface area contributed by atoms with Gasteiger partial charge in [0.1, 0.15) is 5.82 Å². The van der Waals surface area contributed by atoms with Crippen molar-refractivity contribution in [3.8, 4) is 0 Å². The van der Waals surface area contributed by atoms with Crippen LogP contribution < -0.4 is 5.73 Å². The third-order valence-corrected chi connectivity index (χ3v) is 4.50. The highest BCUT2D eigenvalue weighted by Gasteiger charge is 2.24. The van der Waals surface area contributed by atoms with Gasteiger partial charge in [-0.1, -0.05) is 36.9 Å². The Morgan fingerprint density at radius 2 is 1.89 bits per heavy atom. The number of hydrogen-bond acceptors (Lipinski definition) is 1. The summed E-state index contributed by atoms with van der Waals surface area (Å²) in [5, 5.41) is 0.551. The van der Waals surface area contributed by atoms with Crippen LogP contribution in [0.4, 0.5) is 4.39 Å². The van der Waals surface area contributed by atoms with Gasteiger partial charge in [-0.3, -0.25) is 0 Å². The number of rotatable bonds is 3. The largest absolute Gasteiger partial charge is 0.330 e. The highest BCUT2D eigenvalue weighted by atomic mass is 35.5. The van der Waals surface area contributed by atoms with Gasteiger partial charge >= 0.3 is 0 Å². The van der Waals surface area contributed by atoms with Crippen molar-refractivity contribution >= 4 is 11.6 Å². The van der Waals surface area contributed by atoms with Gasteiger partial charge in [0.25, 0.3) is 0 Å². The molecule has 0 aliphatic heterocycles. The van der Waals surface area contributed by atoms with Crippen molar-refractivity contribution in [2.45, 2.75) is 38.5 Å². The Balaban J connectivity index is 2.15. The second kappa shape index (κ2) is 6.53. The summed E-state index contributed by atoms with van der Waals surface area (Å²) in [6, 6.07) is 4.93. The van der Waals surface area contributed by atoms with Gasteiger partial charge < -0.3 is 5.73 Å². The van der Waals surface area contributed by atoms with Gasteiger partial charge in [-0.05, 0) is 49.8 Å². The predicted octanol–water partition coefficient (Wildman–Crippen LogP) is 4.18. The van der Waals surface area contributed by atoms with E-state index in [0.717, 1.165) is 12.8 Å². The summed E-state index contributed by atoms with van der Waals surface area (Å²) < 4.78 is 13.8. The third kappa shape index (κ3) is 3.24. The molecular formula is C15H21ClFN. The molecule has 100 valence electrons. The Morgan fingerprint density at radius 1 is 1.17 bits per heavy atom. The SMILES string of the molecule is NCC1CCCCCC1Cc1c(F)cccc1Cl. The van der Waals surface area contributed by atoms with Gasteiger partial charge in [0.15, 0.2) is 0 Å². The average Bonchev–Trinajstić information content (AvgIpc) is 2.59. The lowest BCUT2D eigenvalue weighted by Crippen LogP contribution is -2.24. The van der Waals surface area contributed by atoms with Crippen LogP contribution >= 0.6 is 11.6 Å². The van der Waals surface area contributed by atoms with E-state index < -0.39 is 0 Å². The van der Waals surface area contributed by atoms with Gasteiger partial charge in [0.2, 0.25) is 0 Å². The number of nitrogens with two attached hydrogens (primary N) is 1. The highest BCUT2D eigenvalue weighted by Crippen LogP contribution is 2.33. The first kappa shape index (κ1) is 13.8. The van der Waals surface area contributed by atoms with Gasteiger partial charge in [-0.2, -0.15) is 0 Å². The fourth-order valence-electron chi connectivity index (χ4n) is 3.03. The molecule has 1 aliphatic carbocycles. The molecule has 0 spiro atoms. The Labute approximate surface area is 114 Å². The van der Waals surface area contributed by atoms with Crippen molar-refractivity contribution in [3.05, 3.63) is 34.6 Å². The van der Waals surface area contributed by atoms with Crippen molar-refractivity contribution in [1.29, 1.82) is 0 Å². The molecular weight excluding hydrogens is 249 g/mol. The van der Waals surface area contributed by atoms with Gasteiger partial charge in [-0.15, -0.1) is 0 Å². The fraction of sp³-hybridized carbons (Fsp3) is 0.600. The van der Waals surface area contributed by atoms with Crippen molar-refractivity contribution in [2.24, 2.45) is 17.6 Å². The summed E-state index contributed by atoms with van der Waals surface area (Å²) in [6.07, 6.45) is 6.81. The second-order valence-electron chi connectivity index (χ2n) is 5.30. The van der Waals surface area contributed by atoms with E-state index in [9.17, 15) is 4.39 Å². The van der Waals surface area contributed by atoms with Crippen LogP contribution in [0.1, 0.15) is 37.7 Å². The molecule has 1 saturated carbocycles. The molecule has 1 aliphatic rings. The minimum absolute atomic E-state index is 0.178. The van der Waals surface area contributed by atoms with Crippen LogP contribution in [-0.4, -0.2) is 6.54 Å². The van der Waals surface area contributed by atoms with E-state index in [0.29, 0.717) is 29.0 Å². The third-order valence-electron chi connectivity index (χ3n) is 4.15. The minimum atomic E-state index is -0.178. The molecule has 0 amide bonds. The van der Waals surface area contributed by atoms with E-state index in [1.165, 1.54) is 31.7 Å². The summed E-state index contributed by atoms with van der Waals surface area (Å²) in [5.74, 6) is 0.817. The topological polar surface area (TPSA) is 26.0 Å². The maximum atomic E-state index is 13.8. The van der Waals surface area contributed by atoms with E-state index in [1.54, 1.807) is 12.1 Å². The second-order valence-corrected chi connectivity index (χ2v) is 5.71. The van der Waals surface area contributed by atoms with Gasteiger partial charge in [0.05, 0.1) is 0 Å². The van der Waals surface area contributed by atoms with Crippen LogP contribution in [0.15, 0.2) is 18.2 Å². The number of hydrogen-bond donors (Lipinski definition) is 1. The highest BCUT2D eigenvalue weighted by molar-refractivity contribution is 6.31. The molecule has 1 fully saturated rings. The fourth-order valence-corrected chi connectivity index (χ4v) is 3.27. The molecule has 0 bridgehead atoms. The van der Waals surface area contributed by atoms with E-state index in [1.807, 2.05) is 0 Å². The van der Waals surface area contributed by atoms with E-state index in [2.05, 4.69) is 0 Å². The first-order valence-corrected chi connectivity index (χ1v) is 7.23. The number of halogens is 2. The van der Waals surface area contributed by atoms with Crippen LogP contribution in [0.25, 0.3) is 0 Å². The molecule has 18 heavy (non-hydrogen) atoms. The predicted molar refractivity (Wildman–Crippen MR) is 74.2 cm³/mol. The first-order valence-electron chi connectivity index (χ1n) is 6.85.